The molecule has 0 aliphatic heterocycles. The van der Waals surface area contributed by atoms with Gasteiger partial charge in [-0.05, 0) is 19.3 Å². The molecule has 0 aliphatic rings. The summed E-state index contributed by atoms with van der Waals surface area (Å²) in [6, 6.07) is 1.41. The van der Waals surface area contributed by atoms with Gasteiger partial charge in [-0.15, -0.1) is 5.10 Å². The smallest absolute Gasteiger partial charge is 0.318 e. The fourth-order valence-electron chi connectivity index (χ4n) is 1.78. The van der Waals surface area contributed by atoms with Crippen molar-refractivity contribution < 1.29 is 4.42 Å². The average Bonchev–Trinajstić information content (AvgIpc) is 2.72. The highest BCUT2D eigenvalue weighted by Crippen LogP contribution is 2.17. The SMILES string of the molecule is CC(C)CC(C)N(C)c1nnc(CNC(C)C)o1. The van der Waals surface area contributed by atoms with E-state index in [4.69, 9.17) is 4.42 Å². The van der Waals surface area contributed by atoms with Crippen molar-refractivity contribution in [2.75, 3.05) is 11.9 Å². The number of nitrogens with zero attached hydrogens (tertiary/aromatic N) is 3. The third-order valence-electron chi connectivity index (χ3n) is 2.89. The zero-order chi connectivity index (χ0) is 13.7. The van der Waals surface area contributed by atoms with Gasteiger partial charge in [-0.25, -0.2) is 0 Å². The number of aromatic nitrogens is 2. The fourth-order valence-corrected chi connectivity index (χ4v) is 1.78. The molecule has 0 saturated carbocycles. The van der Waals surface area contributed by atoms with Crippen molar-refractivity contribution in [3.05, 3.63) is 5.89 Å². The molecule has 5 nitrogen and oxygen atoms in total. The summed E-state index contributed by atoms with van der Waals surface area (Å²) >= 11 is 0. The number of hydrogen-bond donors (Lipinski definition) is 1. The Kier molecular flexibility index (Phi) is 5.59. The lowest BCUT2D eigenvalue weighted by Crippen LogP contribution is -2.30. The second-order valence-corrected chi connectivity index (χ2v) is 5.60. The van der Waals surface area contributed by atoms with E-state index in [2.05, 4.69) is 50.1 Å². The van der Waals surface area contributed by atoms with E-state index in [0.717, 1.165) is 6.42 Å². The Morgan fingerprint density at radius 2 is 1.83 bits per heavy atom. The van der Waals surface area contributed by atoms with Gasteiger partial charge in [0.1, 0.15) is 0 Å². The van der Waals surface area contributed by atoms with Gasteiger partial charge in [0, 0.05) is 19.1 Å². The van der Waals surface area contributed by atoms with Crippen molar-refractivity contribution in [3.63, 3.8) is 0 Å². The van der Waals surface area contributed by atoms with E-state index in [1.807, 2.05) is 11.9 Å². The highest BCUT2D eigenvalue weighted by Gasteiger charge is 2.17. The normalized spacial score (nSPS) is 13.3. The molecule has 5 heteroatoms. The molecule has 1 N–H and O–H groups in total. The molecular weight excluding hydrogens is 228 g/mol. The van der Waals surface area contributed by atoms with Crippen LogP contribution in [0.25, 0.3) is 0 Å². The van der Waals surface area contributed by atoms with E-state index in [9.17, 15) is 0 Å². The summed E-state index contributed by atoms with van der Waals surface area (Å²) in [6.07, 6.45) is 1.11. The summed E-state index contributed by atoms with van der Waals surface area (Å²) in [4.78, 5) is 2.05. The van der Waals surface area contributed by atoms with Gasteiger partial charge in [0.2, 0.25) is 5.89 Å². The van der Waals surface area contributed by atoms with Crippen molar-refractivity contribution in [1.82, 2.24) is 15.5 Å². The lowest BCUT2D eigenvalue weighted by Gasteiger charge is -2.24. The molecule has 0 aromatic carbocycles. The maximum absolute atomic E-state index is 5.64. The molecule has 18 heavy (non-hydrogen) atoms. The quantitative estimate of drug-likeness (QED) is 0.810. The maximum atomic E-state index is 5.64. The van der Waals surface area contributed by atoms with E-state index in [0.29, 0.717) is 36.5 Å². The molecule has 1 aromatic heterocycles. The first-order valence-corrected chi connectivity index (χ1v) is 6.68. The monoisotopic (exact) mass is 254 g/mol. The minimum Gasteiger partial charge on any atom is -0.407 e. The standard InChI is InChI=1S/C13H26N4O/c1-9(2)7-11(5)17(6)13-16-15-12(18-13)8-14-10(3)4/h9-11,14H,7-8H2,1-6H3. The Bertz CT molecular complexity index is 349. The first-order chi connectivity index (χ1) is 8.40. The molecular formula is C13H26N4O. The number of anilines is 1. The third-order valence-corrected chi connectivity index (χ3v) is 2.89. The Morgan fingerprint density at radius 3 is 2.39 bits per heavy atom. The third kappa shape index (κ3) is 4.64. The fraction of sp³-hybridized carbons (Fsp3) is 0.846. The van der Waals surface area contributed by atoms with Gasteiger partial charge >= 0.3 is 6.01 Å². The van der Waals surface area contributed by atoms with Crippen LogP contribution in [0.4, 0.5) is 6.01 Å². The van der Waals surface area contributed by atoms with Gasteiger partial charge in [0.15, 0.2) is 0 Å². The second-order valence-electron chi connectivity index (χ2n) is 5.60. The Balaban J connectivity index is 2.56. The molecule has 1 unspecified atom stereocenters. The molecule has 1 atom stereocenters. The minimum atomic E-state index is 0.399. The van der Waals surface area contributed by atoms with E-state index in [1.54, 1.807) is 0 Å². The van der Waals surface area contributed by atoms with Gasteiger partial charge in [-0.2, -0.15) is 0 Å². The van der Waals surface area contributed by atoms with E-state index in [1.165, 1.54) is 0 Å². The maximum Gasteiger partial charge on any atom is 0.318 e. The molecule has 0 amide bonds. The molecule has 0 radical (unpaired) electrons. The van der Waals surface area contributed by atoms with Crippen molar-refractivity contribution in [2.24, 2.45) is 5.92 Å². The zero-order valence-electron chi connectivity index (χ0n) is 12.4. The minimum absolute atomic E-state index is 0.399. The molecule has 0 saturated heterocycles. The summed E-state index contributed by atoms with van der Waals surface area (Å²) in [5, 5.41) is 11.4. The summed E-state index contributed by atoms with van der Waals surface area (Å²) in [6.45, 7) is 11.4. The number of nitrogens with one attached hydrogen (secondary N) is 1. The van der Waals surface area contributed by atoms with Crippen LogP contribution in [0.1, 0.15) is 46.9 Å². The van der Waals surface area contributed by atoms with Gasteiger partial charge in [0.05, 0.1) is 6.54 Å². The Hall–Kier alpha value is -1.10. The lowest BCUT2D eigenvalue weighted by molar-refractivity contribution is 0.429. The molecule has 1 rings (SSSR count). The van der Waals surface area contributed by atoms with Crippen molar-refractivity contribution in [1.29, 1.82) is 0 Å². The predicted molar refractivity (Wildman–Crippen MR) is 73.6 cm³/mol. The largest absolute Gasteiger partial charge is 0.407 e. The molecule has 0 fully saturated rings. The first kappa shape index (κ1) is 15.0. The zero-order valence-corrected chi connectivity index (χ0v) is 12.4. The van der Waals surface area contributed by atoms with Crippen molar-refractivity contribution >= 4 is 6.01 Å². The number of rotatable bonds is 7. The summed E-state index contributed by atoms with van der Waals surface area (Å²) in [7, 11) is 2.00. The summed E-state index contributed by atoms with van der Waals surface area (Å²) in [5.74, 6) is 1.30. The van der Waals surface area contributed by atoms with Crippen LogP contribution in [-0.4, -0.2) is 29.3 Å². The van der Waals surface area contributed by atoms with Crippen LogP contribution in [0.3, 0.4) is 0 Å². The molecule has 1 aromatic rings. The van der Waals surface area contributed by atoms with Gasteiger partial charge in [0.25, 0.3) is 0 Å². The number of hydrogen-bond acceptors (Lipinski definition) is 5. The Labute approximate surface area is 110 Å². The van der Waals surface area contributed by atoms with Crippen LogP contribution >= 0.6 is 0 Å². The van der Waals surface area contributed by atoms with Gasteiger partial charge in [-0.1, -0.05) is 32.8 Å². The van der Waals surface area contributed by atoms with E-state index in [-0.39, 0.29) is 0 Å². The van der Waals surface area contributed by atoms with Gasteiger partial charge < -0.3 is 14.6 Å². The summed E-state index contributed by atoms with van der Waals surface area (Å²) in [5.41, 5.74) is 0. The van der Waals surface area contributed by atoms with Gasteiger partial charge in [-0.3, -0.25) is 0 Å². The second kappa shape index (κ2) is 6.73. The highest BCUT2D eigenvalue weighted by atomic mass is 16.4. The lowest BCUT2D eigenvalue weighted by atomic mass is 10.0. The Morgan fingerprint density at radius 1 is 1.17 bits per heavy atom. The first-order valence-electron chi connectivity index (χ1n) is 6.68. The van der Waals surface area contributed by atoms with E-state index < -0.39 is 0 Å². The molecule has 104 valence electrons. The van der Waals surface area contributed by atoms with Crippen LogP contribution in [0.2, 0.25) is 0 Å². The van der Waals surface area contributed by atoms with Crippen molar-refractivity contribution in [3.8, 4) is 0 Å². The highest BCUT2D eigenvalue weighted by molar-refractivity contribution is 5.23. The van der Waals surface area contributed by atoms with Crippen LogP contribution in [0, 0.1) is 5.92 Å². The van der Waals surface area contributed by atoms with Crippen LogP contribution in [0.15, 0.2) is 4.42 Å². The molecule has 1 heterocycles. The molecule has 0 spiro atoms. The average molecular weight is 254 g/mol. The molecule has 0 aliphatic carbocycles. The van der Waals surface area contributed by atoms with Crippen LogP contribution in [0.5, 0.6) is 0 Å². The van der Waals surface area contributed by atoms with Crippen molar-refractivity contribution in [2.45, 2.75) is 59.7 Å². The summed E-state index contributed by atoms with van der Waals surface area (Å²) < 4.78 is 5.64. The topological polar surface area (TPSA) is 54.2 Å². The van der Waals surface area contributed by atoms with Crippen LogP contribution in [-0.2, 0) is 6.54 Å². The van der Waals surface area contributed by atoms with E-state index >= 15 is 0 Å². The van der Waals surface area contributed by atoms with Crippen LogP contribution < -0.4 is 10.2 Å². The molecule has 0 bridgehead atoms. The predicted octanol–water partition coefficient (Wildman–Crippen LogP) is 2.44.